The van der Waals surface area contributed by atoms with Crippen molar-refractivity contribution in [2.24, 2.45) is 0 Å². The van der Waals surface area contributed by atoms with Gasteiger partial charge in [-0.1, -0.05) is 30.3 Å². The van der Waals surface area contributed by atoms with Crippen LogP contribution in [0.2, 0.25) is 0 Å². The van der Waals surface area contributed by atoms with E-state index in [0.29, 0.717) is 24.5 Å². The third-order valence-electron chi connectivity index (χ3n) is 3.17. The monoisotopic (exact) mass is 257 g/mol. The van der Waals surface area contributed by atoms with Crippen LogP contribution in [0.15, 0.2) is 46.9 Å². The Morgan fingerprint density at radius 1 is 1.00 bits per heavy atom. The molecule has 1 aliphatic heterocycles. The van der Waals surface area contributed by atoms with Gasteiger partial charge in [-0.3, -0.25) is 4.79 Å². The summed E-state index contributed by atoms with van der Waals surface area (Å²) in [5.41, 5.74) is 0.644. The van der Waals surface area contributed by atoms with E-state index in [4.69, 9.17) is 9.15 Å². The maximum atomic E-state index is 12.2. The van der Waals surface area contributed by atoms with E-state index >= 15 is 0 Å². The fourth-order valence-corrected chi connectivity index (χ4v) is 2.14. The van der Waals surface area contributed by atoms with Crippen molar-refractivity contribution in [1.29, 1.82) is 0 Å². The molecule has 2 heterocycles. The van der Waals surface area contributed by atoms with Crippen molar-refractivity contribution in [2.75, 3.05) is 31.2 Å². The van der Waals surface area contributed by atoms with E-state index in [1.807, 2.05) is 24.3 Å². The lowest BCUT2D eigenvalue weighted by atomic mass is 10.1. The molecule has 0 spiro atoms. The van der Waals surface area contributed by atoms with E-state index < -0.39 is 0 Å². The summed E-state index contributed by atoms with van der Waals surface area (Å²) in [4.78, 5) is 14.3. The molecule has 0 amide bonds. The van der Waals surface area contributed by atoms with Crippen LogP contribution < -0.4 is 4.90 Å². The Morgan fingerprint density at radius 3 is 2.47 bits per heavy atom. The second-order valence-electron chi connectivity index (χ2n) is 4.43. The van der Waals surface area contributed by atoms with Crippen LogP contribution in [0.25, 0.3) is 0 Å². The second-order valence-corrected chi connectivity index (χ2v) is 4.43. The maximum Gasteiger partial charge on any atom is 0.228 e. The standard InChI is InChI=1S/C15H15NO3/c17-15(12-4-2-1-3-5-12)13-6-7-14(19-13)16-8-10-18-11-9-16/h1-7H,8-11H2. The van der Waals surface area contributed by atoms with Crippen molar-refractivity contribution < 1.29 is 13.9 Å². The first-order valence-corrected chi connectivity index (χ1v) is 6.37. The number of anilines is 1. The predicted octanol–water partition coefficient (Wildman–Crippen LogP) is 2.35. The van der Waals surface area contributed by atoms with Crippen molar-refractivity contribution >= 4 is 11.7 Å². The summed E-state index contributed by atoms with van der Waals surface area (Å²) >= 11 is 0. The summed E-state index contributed by atoms with van der Waals surface area (Å²) < 4.78 is 11.0. The largest absolute Gasteiger partial charge is 0.437 e. The molecule has 0 radical (unpaired) electrons. The van der Waals surface area contributed by atoms with Gasteiger partial charge in [0.2, 0.25) is 5.78 Å². The molecule has 1 fully saturated rings. The van der Waals surface area contributed by atoms with Gasteiger partial charge < -0.3 is 14.1 Å². The smallest absolute Gasteiger partial charge is 0.228 e. The highest BCUT2D eigenvalue weighted by atomic mass is 16.5. The van der Waals surface area contributed by atoms with Gasteiger partial charge >= 0.3 is 0 Å². The fourth-order valence-electron chi connectivity index (χ4n) is 2.14. The zero-order chi connectivity index (χ0) is 13.1. The lowest BCUT2D eigenvalue weighted by Crippen LogP contribution is -2.35. The lowest BCUT2D eigenvalue weighted by molar-refractivity contribution is 0.101. The minimum absolute atomic E-state index is 0.0832. The minimum Gasteiger partial charge on any atom is -0.437 e. The number of ketones is 1. The molecule has 0 atom stereocenters. The van der Waals surface area contributed by atoms with Crippen molar-refractivity contribution in [3.63, 3.8) is 0 Å². The Hall–Kier alpha value is -2.07. The molecule has 0 bridgehead atoms. The van der Waals surface area contributed by atoms with Crippen LogP contribution in [0, 0.1) is 0 Å². The molecule has 0 saturated carbocycles. The number of carbonyl (C=O) groups excluding carboxylic acids is 1. The first-order chi connectivity index (χ1) is 9.34. The number of nitrogens with zero attached hydrogens (tertiary/aromatic N) is 1. The molecule has 0 aliphatic carbocycles. The summed E-state index contributed by atoms with van der Waals surface area (Å²) in [6, 6.07) is 12.7. The van der Waals surface area contributed by atoms with Crippen molar-refractivity contribution in [3.8, 4) is 0 Å². The molecule has 4 nitrogen and oxygen atoms in total. The Kier molecular flexibility index (Phi) is 3.33. The quantitative estimate of drug-likeness (QED) is 0.792. The number of carbonyl (C=O) groups is 1. The highest BCUT2D eigenvalue weighted by Gasteiger charge is 2.18. The van der Waals surface area contributed by atoms with Gasteiger partial charge in [-0.15, -0.1) is 0 Å². The van der Waals surface area contributed by atoms with Gasteiger partial charge in [-0.2, -0.15) is 0 Å². The van der Waals surface area contributed by atoms with Gasteiger partial charge in [0, 0.05) is 24.7 Å². The fraction of sp³-hybridized carbons (Fsp3) is 0.267. The number of ether oxygens (including phenoxy) is 1. The van der Waals surface area contributed by atoms with Crippen molar-refractivity contribution in [2.45, 2.75) is 0 Å². The molecular formula is C15H15NO3. The van der Waals surface area contributed by atoms with Crippen LogP contribution in [-0.2, 0) is 4.74 Å². The zero-order valence-electron chi connectivity index (χ0n) is 10.5. The molecule has 4 heteroatoms. The lowest BCUT2D eigenvalue weighted by Gasteiger charge is -2.26. The van der Waals surface area contributed by atoms with Gasteiger partial charge in [0.1, 0.15) is 0 Å². The van der Waals surface area contributed by atoms with Crippen LogP contribution in [0.5, 0.6) is 0 Å². The Bertz CT molecular complexity index is 556. The second kappa shape index (κ2) is 5.28. The van der Waals surface area contributed by atoms with Gasteiger partial charge in [0.25, 0.3) is 0 Å². The van der Waals surface area contributed by atoms with E-state index in [-0.39, 0.29) is 5.78 Å². The van der Waals surface area contributed by atoms with Crippen LogP contribution in [0.4, 0.5) is 5.88 Å². The summed E-state index contributed by atoms with van der Waals surface area (Å²) in [5.74, 6) is 1.04. The van der Waals surface area contributed by atoms with E-state index in [1.165, 1.54) is 0 Å². The first-order valence-electron chi connectivity index (χ1n) is 6.37. The van der Waals surface area contributed by atoms with Gasteiger partial charge in [-0.25, -0.2) is 0 Å². The maximum absolute atomic E-state index is 12.2. The number of hydrogen-bond donors (Lipinski definition) is 0. The highest BCUT2D eigenvalue weighted by molar-refractivity contribution is 6.07. The molecule has 3 rings (SSSR count). The van der Waals surface area contributed by atoms with E-state index in [9.17, 15) is 4.79 Å². The average Bonchev–Trinajstić information content (AvgIpc) is 2.98. The molecule has 2 aromatic rings. The van der Waals surface area contributed by atoms with Crippen molar-refractivity contribution in [1.82, 2.24) is 0 Å². The topological polar surface area (TPSA) is 42.7 Å². The third-order valence-corrected chi connectivity index (χ3v) is 3.17. The van der Waals surface area contributed by atoms with Crippen LogP contribution >= 0.6 is 0 Å². The third kappa shape index (κ3) is 2.53. The Balaban J connectivity index is 1.79. The summed E-state index contributed by atoms with van der Waals surface area (Å²) in [7, 11) is 0. The van der Waals surface area contributed by atoms with Gasteiger partial charge in [0.15, 0.2) is 11.6 Å². The zero-order valence-corrected chi connectivity index (χ0v) is 10.5. The van der Waals surface area contributed by atoms with Gasteiger partial charge in [0.05, 0.1) is 13.2 Å². The summed E-state index contributed by atoms with van der Waals surface area (Å²) in [5, 5.41) is 0. The number of rotatable bonds is 3. The molecule has 98 valence electrons. The van der Waals surface area contributed by atoms with Crippen LogP contribution in [-0.4, -0.2) is 32.1 Å². The van der Waals surface area contributed by atoms with Gasteiger partial charge in [-0.05, 0) is 6.07 Å². The molecule has 1 aromatic carbocycles. The molecule has 1 aliphatic rings. The number of furan rings is 1. The SMILES string of the molecule is O=C(c1ccccc1)c1ccc(N2CCOCC2)o1. The molecular weight excluding hydrogens is 242 g/mol. The molecule has 1 saturated heterocycles. The molecule has 0 unspecified atom stereocenters. The molecule has 0 N–H and O–H groups in total. The average molecular weight is 257 g/mol. The highest BCUT2D eigenvalue weighted by Crippen LogP contribution is 2.21. The Labute approximate surface area is 111 Å². The Morgan fingerprint density at radius 2 is 1.74 bits per heavy atom. The van der Waals surface area contributed by atoms with Crippen molar-refractivity contribution in [3.05, 3.63) is 53.8 Å². The normalized spacial score (nSPS) is 15.5. The number of benzene rings is 1. The molecule has 1 aromatic heterocycles. The summed E-state index contributed by atoms with van der Waals surface area (Å²) in [6.45, 7) is 2.99. The van der Waals surface area contributed by atoms with E-state index in [0.717, 1.165) is 19.0 Å². The van der Waals surface area contributed by atoms with Crippen LogP contribution in [0.3, 0.4) is 0 Å². The molecule has 19 heavy (non-hydrogen) atoms. The first kappa shape index (κ1) is 12.0. The van der Waals surface area contributed by atoms with Crippen LogP contribution in [0.1, 0.15) is 16.1 Å². The van der Waals surface area contributed by atoms with E-state index in [1.54, 1.807) is 18.2 Å². The minimum atomic E-state index is -0.0832. The predicted molar refractivity (Wildman–Crippen MR) is 71.6 cm³/mol. The number of hydrogen-bond acceptors (Lipinski definition) is 4. The number of morpholine rings is 1. The van der Waals surface area contributed by atoms with E-state index in [2.05, 4.69) is 4.90 Å². The summed E-state index contributed by atoms with van der Waals surface area (Å²) in [6.07, 6.45) is 0.